The number of methoxy groups -OCH3 is 1. The van der Waals surface area contributed by atoms with Crippen molar-refractivity contribution in [2.75, 3.05) is 24.2 Å². The highest BCUT2D eigenvalue weighted by Crippen LogP contribution is 2.24. The van der Waals surface area contributed by atoms with Crippen LogP contribution >= 0.6 is 0 Å². The Kier molecular flexibility index (Phi) is 9.43. The molecule has 0 fully saturated rings. The average molecular weight is 494 g/mol. The normalized spacial score (nSPS) is 12.2. The number of hydrogen-bond acceptors (Lipinski definition) is 5. The number of amides is 2. The highest BCUT2D eigenvalue weighted by Gasteiger charge is 2.32. The van der Waals surface area contributed by atoms with E-state index in [0.29, 0.717) is 17.7 Å². The zero-order valence-corrected chi connectivity index (χ0v) is 20.9. The van der Waals surface area contributed by atoms with Gasteiger partial charge in [-0.05, 0) is 50.1 Å². The number of nitrogens with zero attached hydrogens (tertiary/aromatic N) is 2. The molecular weight excluding hydrogens is 461 g/mol. The molecule has 186 valence electrons. The molecule has 8 nitrogen and oxygen atoms in total. The fraction of sp³-hybridized carbons (Fsp3) is 0.417. The Morgan fingerprint density at radius 3 is 2.29 bits per heavy atom. The van der Waals surface area contributed by atoms with Crippen LogP contribution in [0.1, 0.15) is 32.8 Å². The van der Waals surface area contributed by atoms with Crippen molar-refractivity contribution in [1.29, 1.82) is 0 Å². The first-order chi connectivity index (χ1) is 16.0. The molecule has 34 heavy (non-hydrogen) atoms. The van der Waals surface area contributed by atoms with Crippen molar-refractivity contribution in [3.63, 3.8) is 0 Å². The second kappa shape index (κ2) is 11.8. The molecule has 0 aliphatic carbocycles. The molecule has 2 amide bonds. The Labute approximate surface area is 200 Å². The van der Waals surface area contributed by atoms with Crippen LogP contribution < -0.4 is 14.4 Å². The van der Waals surface area contributed by atoms with E-state index in [1.165, 1.54) is 42.3 Å². The van der Waals surface area contributed by atoms with Crippen LogP contribution in [-0.2, 0) is 26.2 Å². The molecule has 1 unspecified atom stereocenters. The predicted molar refractivity (Wildman–Crippen MR) is 129 cm³/mol. The lowest BCUT2D eigenvalue weighted by atomic mass is 10.1. The maximum absolute atomic E-state index is 13.5. The Morgan fingerprint density at radius 2 is 1.76 bits per heavy atom. The van der Waals surface area contributed by atoms with Crippen molar-refractivity contribution in [3.8, 4) is 5.75 Å². The zero-order valence-electron chi connectivity index (χ0n) is 20.1. The summed E-state index contributed by atoms with van der Waals surface area (Å²) in [6.07, 6.45) is 1.32. The van der Waals surface area contributed by atoms with Crippen LogP contribution in [0.5, 0.6) is 5.75 Å². The number of ether oxygens (including phenoxy) is 1. The van der Waals surface area contributed by atoms with Gasteiger partial charge >= 0.3 is 0 Å². The number of rotatable bonds is 11. The molecule has 0 aliphatic heterocycles. The van der Waals surface area contributed by atoms with E-state index in [9.17, 15) is 22.4 Å². The minimum atomic E-state index is -3.84. The summed E-state index contributed by atoms with van der Waals surface area (Å²) in [5, 5.41) is 2.81. The number of carbonyl (C=O) groups excluding carboxylic acids is 2. The first kappa shape index (κ1) is 27.1. The van der Waals surface area contributed by atoms with E-state index in [2.05, 4.69) is 5.32 Å². The minimum absolute atomic E-state index is 0.0127. The van der Waals surface area contributed by atoms with Gasteiger partial charge in [-0.3, -0.25) is 13.9 Å². The first-order valence-electron chi connectivity index (χ1n) is 10.9. The number of benzene rings is 2. The van der Waals surface area contributed by atoms with Gasteiger partial charge in [-0.1, -0.05) is 25.1 Å². The summed E-state index contributed by atoms with van der Waals surface area (Å²) in [5.74, 6) is -0.902. The number of nitrogens with one attached hydrogen (secondary N) is 1. The van der Waals surface area contributed by atoms with Gasteiger partial charge in [0.15, 0.2) is 0 Å². The zero-order chi connectivity index (χ0) is 25.5. The van der Waals surface area contributed by atoms with E-state index in [1.807, 2.05) is 13.8 Å². The molecule has 0 spiro atoms. The van der Waals surface area contributed by atoms with Crippen LogP contribution in [0.15, 0.2) is 48.5 Å². The van der Waals surface area contributed by atoms with E-state index in [0.717, 1.165) is 10.6 Å². The topological polar surface area (TPSA) is 96.0 Å². The summed E-state index contributed by atoms with van der Waals surface area (Å²) in [5.41, 5.74) is 0.870. The Bertz CT molecular complexity index is 1090. The Morgan fingerprint density at radius 1 is 1.12 bits per heavy atom. The molecule has 1 atom stereocenters. The molecule has 0 saturated carbocycles. The molecule has 2 aromatic rings. The molecule has 0 bridgehead atoms. The Hall–Kier alpha value is -3.14. The lowest BCUT2D eigenvalue weighted by Gasteiger charge is -2.33. The Balaban J connectivity index is 2.44. The summed E-state index contributed by atoms with van der Waals surface area (Å²) in [6.45, 7) is 4.89. The molecule has 2 rings (SSSR count). The van der Waals surface area contributed by atoms with Crippen LogP contribution in [0, 0.1) is 5.82 Å². The van der Waals surface area contributed by atoms with Crippen molar-refractivity contribution in [3.05, 3.63) is 59.9 Å². The van der Waals surface area contributed by atoms with Crippen molar-refractivity contribution in [2.45, 2.75) is 45.8 Å². The first-order valence-corrected chi connectivity index (χ1v) is 12.8. The molecule has 1 N–H and O–H groups in total. The lowest BCUT2D eigenvalue weighted by Crippen LogP contribution is -2.53. The highest BCUT2D eigenvalue weighted by atomic mass is 32.2. The summed E-state index contributed by atoms with van der Waals surface area (Å²) in [4.78, 5) is 27.8. The number of carbonyl (C=O) groups is 2. The third-order valence-corrected chi connectivity index (χ3v) is 6.24. The third-order valence-electron chi connectivity index (χ3n) is 5.10. The SMILES string of the molecule is CCC(C(=O)NC(C)C)N(Cc1ccc(F)cc1)C(=O)CN(c1cccc(OC)c1)S(C)(=O)=O. The maximum Gasteiger partial charge on any atom is 0.244 e. The number of anilines is 1. The fourth-order valence-corrected chi connectivity index (χ4v) is 4.31. The van der Waals surface area contributed by atoms with Crippen LogP contribution in [-0.4, -0.2) is 57.1 Å². The average Bonchev–Trinajstić information content (AvgIpc) is 2.77. The van der Waals surface area contributed by atoms with Gasteiger partial charge in [-0.15, -0.1) is 0 Å². The van der Waals surface area contributed by atoms with Gasteiger partial charge in [-0.2, -0.15) is 0 Å². The van der Waals surface area contributed by atoms with Crippen LogP contribution in [0.3, 0.4) is 0 Å². The highest BCUT2D eigenvalue weighted by molar-refractivity contribution is 7.92. The lowest BCUT2D eigenvalue weighted by molar-refractivity contribution is -0.140. The molecule has 0 aliphatic rings. The fourth-order valence-electron chi connectivity index (χ4n) is 3.47. The quantitative estimate of drug-likeness (QED) is 0.519. The smallest absolute Gasteiger partial charge is 0.244 e. The van der Waals surface area contributed by atoms with Gasteiger partial charge in [-0.25, -0.2) is 12.8 Å². The second-order valence-corrected chi connectivity index (χ2v) is 10.1. The molecular formula is C24H32FN3O5S. The van der Waals surface area contributed by atoms with E-state index in [4.69, 9.17) is 4.74 Å². The summed E-state index contributed by atoms with van der Waals surface area (Å²) >= 11 is 0. The molecule has 10 heteroatoms. The summed E-state index contributed by atoms with van der Waals surface area (Å²) in [6, 6.07) is 11.0. The van der Waals surface area contributed by atoms with Crippen molar-refractivity contribution >= 4 is 27.5 Å². The molecule has 0 saturated heterocycles. The minimum Gasteiger partial charge on any atom is -0.497 e. The van der Waals surface area contributed by atoms with Crippen LogP contribution in [0.4, 0.5) is 10.1 Å². The van der Waals surface area contributed by atoms with Crippen LogP contribution in [0.2, 0.25) is 0 Å². The predicted octanol–water partition coefficient (Wildman–Crippen LogP) is 2.93. The number of sulfonamides is 1. The summed E-state index contributed by atoms with van der Waals surface area (Å²) in [7, 11) is -2.38. The molecule has 0 radical (unpaired) electrons. The maximum atomic E-state index is 13.5. The van der Waals surface area contributed by atoms with Gasteiger partial charge in [0.1, 0.15) is 24.2 Å². The van der Waals surface area contributed by atoms with Crippen molar-refractivity contribution < 1.29 is 27.1 Å². The second-order valence-electron chi connectivity index (χ2n) is 8.21. The van der Waals surface area contributed by atoms with E-state index in [-0.39, 0.29) is 24.2 Å². The van der Waals surface area contributed by atoms with Gasteiger partial charge in [0.05, 0.1) is 19.1 Å². The van der Waals surface area contributed by atoms with Gasteiger partial charge < -0.3 is 15.0 Å². The monoisotopic (exact) mass is 493 g/mol. The van der Waals surface area contributed by atoms with Gasteiger partial charge in [0.2, 0.25) is 21.8 Å². The molecule has 0 heterocycles. The molecule has 0 aromatic heterocycles. The summed E-state index contributed by atoms with van der Waals surface area (Å²) < 4.78 is 44.8. The van der Waals surface area contributed by atoms with E-state index < -0.39 is 34.3 Å². The largest absolute Gasteiger partial charge is 0.497 e. The standard InChI is InChI=1S/C24H32FN3O5S/c1-6-22(24(30)26-17(2)3)27(15-18-10-12-19(25)13-11-18)23(29)16-28(34(5,31)32)20-8-7-9-21(14-20)33-4/h7-14,17,22H,6,15-16H2,1-5H3,(H,26,30). The third kappa shape index (κ3) is 7.44. The van der Waals surface area contributed by atoms with Gasteiger partial charge in [0, 0.05) is 18.7 Å². The molecule has 2 aromatic carbocycles. The van der Waals surface area contributed by atoms with Crippen molar-refractivity contribution in [2.24, 2.45) is 0 Å². The van der Waals surface area contributed by atoms with E-state index in [1.54, 1.807) is 25.1 Å². The number of hydrogen-bond donors (Lipinski definition) is 1. The van der Waals surface area contributed by atoms with Crippen molar-refractivity contribution in [1.82, 2.24) is 10.2 Å². The van der Waals surface area contributed by atoms with E-state index >= 15 is 0 Å². The van der Waals surface area contributed by atoms with Gasteiger partial charge in [0.25, 0.3) is 0 Å². The van der Waals surface area contributed by atoms with Crippen LogP contribution in [0.25, 0.3) is 0 Å². The number of halogens is 1.